The maximum atomic E-state index is 11.2. The molecule has 0 spiro atoms. The van der Waals surface area contributed by atoms with Crippen molar-refractivity contribution in [3.8, 4) is 5.88 Å². The Morgan fingerprint density at radius 2 is 2.12 bits per heavy atom. The van der Waals surface area contributed by atoms with Crippen molar-refractivity contribution in [3.63, 3.8) is 0 Å². The highest BCUT2D eigenvalue weighted by molar-refractivity contribution is 5.79. The molecule has 1 heterocycles. The van der Waals surface area contributed by atoms with Crippen molar-refractivity contribution in [2.24, 2.45) is 0 Å². The summed E-state index contributed by atoms with van der Waals surface area (Å²) in [6.07, 6.45) is 3.51. The van der Waals surface area contributed by atoms with Crippen LogP contribution in [0.1, 0.15) is 38.2 Å². The predicted octanol–water partition coefficient (Wildman–Crippen LogP) is 1.81. The average molecular weight is 235 g/mol. The van der Waals surface area contributed by atoms with Gasteiger partial charge in [0.25, 0.3) is 0 Å². The summed E-state index contributed by atoms with van der Waals surface area (Å²) in [4.78, 5) is 15.3. The molecule has 1 aliphatic carbocycles. The number of nitrogens with zero attached hydrogens (tertiary/aromatic N) is 1. The Labute approximate surface area is 101 Å². The van der Waals surface area contributed by atoms with Gasteiger partial charge in [-0.15, -0.1) is 0 Å². The van der Waals surface area contributed by atoms with Gasteiger partial charge >= 0.3 is 0 Å². The van der Waals surface area contributed by atoms with Gasteiger partial charge in [0, 0.05) is 30.7 Å². The molecule has 0 amide bonds. The Hall–Kier alpha value is -1.42. The molecule has 4 heteroatoms. The van der Waals surface area contributed by atoms with Crippen LogP contribution in [0.3, 0.4) is 0 Å². The minimum Gasteiger partial charge on any atom is -0.478 e. The third-order valence-corrected chi connectivity index (χ3v) is 3.20. The summed E-state index contributed by atoms with van der Waals surface area (Å²) in [5, 5.41) is 10.4. The number of aromatic nitrogens is 1. The van der Waals surface area contributed by atoms with E-state index in [2.05, 4.69) is 4.98 Å². The van der Waals surface area contributed by atoms with Gasteiger partial charge in [-0.1, -0.05) is 0 Å². The maximum absolute atomic E-state index is 11.2. The third-order valence-electron chi connectivity index (χ3n) is 3.20. The molecule has 0 bridgehead atoms. The first kappa shape index (κ1) is 12.0. The summed E-state index contributed by atoms with van der Waals surface area (Å²) in [5.74, 6) is 0.792. The number of ether oxygens (including phenoxy) is 1. The van der Waals surface area contributed by atoms with Crippen molar-refractivity contribution in [2.75, 3.05) is 6.61 Å². The predicted molar refractivity (Wildman–Crippen MR) is 62.8 cm³/mol. The van der Waals surface area contributed by atoms with Crippen molar-refractivity contribution in [1.82, 2.24) is 4.98 Å². The summed E-state index contributed by atoms with van der Waals surface area (Å²) in [6.45, 7) is 2.47. The van der Waals surface area contributed by atoms with Gasteiger partial charge in [0.05, 0.1) is 12.2 Å². The molecule has 0 saturated heterocycles. The van der Waals surface area contributed by atoms with Crippen LogP contribution in [-0.2, 0) is 10.4 Å². The van der Waals surface area contributed by atoms with Gasteiger partial charge in [-0.2, -0.15) is 0 Å². The summed E-state index contributed by atoms with van der Waals surface area (Å²) >= 11 is 0. The van der Waals surface area contributed by atoms with Crippen LogP contribution in [-0.4, -0.2) is 22.5 Å². The van der Waals surface area contributed by atoms with E-state index < -0.39 is 5.60 Å². The van der Waals surface area contributed by atoms with Gasteiger partial charge < -0.3 is 9.84 Å². The molecule has 1 fully saturated rings. The largest absolute Gasteiger partial charge is 0.478 e. The second kappa shape index (κ2) is 4.84. The Morgan fingerprint density at radius 1 is 1.41 bits per heavy atom. The smallest absolute Gasteiger partial charge is 0.213 e. The number of ketones is 1. The van der Waals surface area contributed by atoms with Gasteiger partial charge in [0.1, 0.15) is 5.78 Å². The van der Waals surface area contributed by atoms with Gasteiger partial charge in [-0.3, -0.25) is 4.79 Å². The molecule has 0 radical (unpaired) electrons. The van der Waals surface area contributed by atoms with E-state index in [4.69, 9.17) is 4.74 Å². The zero-order valence-corrected chi connectivity index (χ0v) is 9.98. The number of pyridine rings is 1. The highest BCUT2D eigenvalue weighted by atomic mass is 16.5. The molecule has 1 saturated carbocycles. The minimum absolute atomic E-state index is 0.230. The molecule has 1 aliphatic rings. The van der Waals surface area contributed by atoms with Gasteiger partial charge in [0.2, 0.25) is 5.88 Å². The minimum atomic E-state index is -0.897. The van der Waals surface area contributed by atoms with Crippen LogP contribution >= 0.6 is 0 Å². The molecule has 1 aromatic rings. The highest BCUT2D eigenvalue weighted by Crippen LogP contribution is 2.35. The lowest BCUT2D eigenvalue weighted by Gasteiger charge is -2.31. The highest BCUT2D eigenvalue weighted by Gasteiger charge is 2.34. The molecule has 0 unspecified atom stereocenters. The van der Waals surface area contributed by atoms with Crippen LogP contribution in [0.2, 0.25) is 0 Å². The summed E-state index contributed by atoms with van der Waals surface area (Å²) in [7, 11) is 0. The average Bonchev–Trinajstić information content (AvgIpc) is 2.35. The summed E-state index contributed by atoms with van der Waals surface area (Å²) < 4.78 is 5.25. The molecule has 0 aliphatic heterocycles. The van der Waals surface area contributed by atoms with Crippen LogP contribution in [0.5, 0.6) is 5.88 Å². The molecular weight excluding hydrogens is 218 g/mol. The molecule has 1 aromatic heterocycles. The van der Waals surface area contributed by atoms with Gasteiger partial charge in [-0.05, 0) is 25.8 Å². The molecular formula is C13H17NO3. The zero-order valence-electron chi connectivity index (χ0n) is 9.98. The van der Waals surface area contributed by atoms with E-state index >= 15 is 0 Å². The van der Waals surface area contributed by atoms with Crippen molar-refractivity contribution < 1.29 is 14.6 Å². The standard InChI is InChI=1S/C13H17NO3/c1-2-17-12-4-3-10(9-14-12)13(16)7-5-11(15)6-8-13/h3-4,9,16H,2,5-8H2,1H3. The maximum Gasteiger partial charge on any atom is 0.213 e. The Morgan fingerprint density at radius 3 is 2.65 bits per heavy atom. The molecule has 92 valence electrons. The van der Waals surface area contributed by atoms with Crippen molar-refractivity contribution in [2.45, 2.75) is 38.2 Å². The van der Waals surface area contributed by atoms with E-state index in [9.17, 15) is 9.90 Å². The normalized spacial score (nSPS) is 19.1. The summed E-state index contributed by atoms with van der Waals surface area (Å²) in [5.41, 5.74) is -0.125. The number of rotatable bonds is 3. The van der Waals surface area contributed by atoms with Crippen LogP contribution in [0.25, 0.3) is 0 Å². The third kappa shape index (κ3) is 2.64. The lowest BCUT2D eigenvalue weighted by Crippen LogP contribution is -2.31. The lowest BCUT2D eigenvalue weighted by atomic mass is 9.80. The van der Waals surface area contributed by atoms with E-state index in [1.165, 1.54) is 0 Å². The number of hydrogen-bond acceptors (Lipinski definition) is 4. The first-order valence-electron chi connectivity index (χ1n) is 5.97. The number of hydrogen-bond donors (Lipinski definition) is 1. The van der Waals surface area contributed by atoms with Crippen molar-refractivity contribution in [1.29, 1.82) is 0 Å². The van der Waals surface area contributed by atoms with E-state index in [0.717, 1.165) is 5.56 Å². The molecule has 2 rings (SSSR count). The van der Waals surface area contributed by atoms with Crippen molar-refractivity contribution >= 4 is 5.78 Å². The second-order valence-corrected chi connectivity index (χ2v) is 4.39. The van der Waals surface area contributed by atoms with E-state index in [1.807, 2.05) is 13.0 Å². The number of aliphatic hydroxyl groups is 1. The molecule has 0 aromatic carbocycles. The molecule has 1 N–H and O–H groups in total. The van der Waals surface area contributed by atoms with Crippen molar-refractivity contribution in [3.05, 3.63) is 23.9 Å². The molecule has 0 atom stereocenters. The van der Waals surface area contributed by atoms with Gasteiger partial charge in [-0.25, -0.2) is 4.98 Å². The fraction of sp³-hybridized carbons (Fsp3) is 0.538. The quantitative estimate of drug-likeness (QED) is 0.868. The number of Topliss-reactive ketones (excluding diaryl/α,β-unsaturated/α-hetero) is 1. The van der Waals surface area contributed by atoms with Gasteiger partial charge in [0.15, 0.2) is 0 Å². The van der Waals surface area contributed by atoms with Crippen LogP contribution in [0.15, 0.2) is 18.3 Å². The van der Waals surface area contributed by atoms with Crippen LogP contribution in [0.4, 0.5) is 0 Å². The first-order chi connectivity index (χ1) is 8.14. The SMILES string of the molecule is CCOc1ccc(C2(O)CCC(=O)CC2)cn1. The Bertz CT molecular complexity index is 390. The zero-order chi connectivity index (χ0) is 12.3. The van der Waals surface area contributed by atoms with Crippen LogP contribution in [0, 0.1) is 0 Å². The number of carbonyl (C=O) groups excluding carboxylic acids is 1. The fourth-order valence-corrected chi connectivity index (χ4v) is 2.12. The monoisotopic (exact) mass is 235 g/mol. The Balaban J connectivity index is 2.13. The first-order valence-corrected chi connectivity index (χ1v) is 5.97. The van der Waals surface area contributed by atoms with E-state index in [-0.39, 0.29) is 5.78 Å². The van der Waals surface area contributed by atoms with E-state index in [0.29, 0.717) is 38.2 Å². The molecule has 17 heavy (non-hydrogen) atoms. The molecule has 4 nitrogen and oxygen atoms in total. The lowest BCUT2D eigenvalue weighted by molar-refractivity contribution is -0.125. The topological polar surface area (TPSA) is 59.4 Å². The van der Waals surface area contributed by atoms with Crippen LogP contribution < -0.4 is 4.74 Å². The second-order valence-electron chi connectivity index (χ2n) is 4.39. The summed E-state index contributed by atoms with van der Waals surface area (Å²) in [6, 6.07) is 3.58. The number of carbonyl (C=O) groups is 1. The fourth-order valence-electron chi connectivity index (χ4n) is 2.12. The van der Waals surface area contributed by atoms with E-state index in [1.54, 1.807) is 12.3 Å². The Kier molecular flexibility index (Phi) is 3.43.